The summed E-state index contributed by atoms with van der Waals surface area (Å²) >= 11 is 0. The zero-order chi connectivity index (χ0) is 38.9. The Morgan fingerprint density at radius 3 is 2.46 bits per heavy atom. The Balaban J connectivity index is 1.20. The lowest BCUT2D eigenvalue weighted by Crippen LogP contribution is -2.54. The second-order valence-electron chi connectivity index (χ2n) is 16.1. The van der Waals surface area contributed by atoms with Gasteiger partial charge in [0.1, 0.15) is 5.75 Å². The van der Waals surface area contributed by atoms with Gasteiger partial charge in [-0.15, -0.1) is 0 Å². The average Bonchev–Trinajstić information content (AvgIpc) is 3.83. The molecule has 1 saturated carbocycles. The maximum Gasteiger partial charge on any atom is 0.415 e. The first-order chi connectivity index (χ1) is 27.1. The smallest absolute Gasteiger partial charge is 0.415 e. The highest BCUT2D eigenvalue weighted by molar-refractivity contribution is 6.08. The predicted octanol–water partition coefficient (Wildman–Crippen LogP) is 10.6. The lowest BCUT2D eigenvalue weighted by Gasteiger charge is -2.46. The fourth-order valence-corrected chi connectivity index (χ4v) is 9.27. The van der Waals surface area contributed by atoms with Crippen molar-refractivity contribution in [1.29, 1.82) is 0 Å². The molecule has 1 aromatic heterocycles. The summed E-state index contributed by atoms with van der Waals surface area (Å²) in [7, 11) is 0. The van der Waals surface area contributed by atoms with Gasteiger partial charge in [-0.05, 0) is 126 Å². The number of aliphatic hydroxyl groups is 2. The van der Waals surface area contributed by atoms with Gasteiger partial charge in [-0.3, -0.25) is 4.79 Å². The van der Waals surface area contributed by atoms with E-state index in [1.54, 1.807) is 17.0 Å². The molecule has 0 spiro atoms. The molecule has 1 fully saturated rings. The fourth-order valence-electron chi connectivity index (χ4n) is 9.27. The third-order valence-corrected chi connectivity index (χ3v) is 12.5. The highest BCUT2D eigenvalue weighted by atomic mass is 16.6. The zero-order valence-electron chi connectivity index (χ0n) is 32.1. The molecule has 3 aliphatic rings. The largest absolute Gasteiger partial charge is 0.461 e. The van der Waals surface area contributed by atoms with Gasteiger partial charge in [-0.1, -0.05) is 104 Å². The van der Waals surface area contributed by atoms with E-state index in [0.717, 1.165) is 44.7 Å². The number of allylic oxidation sites excluding steroid dienone is 2. The Morgan fingerprint density at radius 1 is 0.857 bits per heavy atom. The molecule has 1 amide bonds. The number of furan rings is 1. The molecule has 4 unspecified atom stereocenters. The number of aliphatic hydroxyl groups excluding tert-OH is 1. The number of carbonyl (C=O) groups excluding carboxylic acids is 2. The van der Waals surface area contributed by atoms with Crippen molar-refractivity contribution in [3.8, 4) is 5.75 Å². The number of benzene rings is 5. The molecule has 5 aromatic carbocycles. The third-order valence-electron chi connectivity index (χ3n) is 12.5. The number of carbonyl (C=O) groups is 2. The summed E-state index contributed by atoms with van der Waals surface area (Å²) in [5.41, 5.74) is 2.30. The highest BCUT2D eigenvalue weighted by Crippen LogP contribution is 2.59. The SMILES string of the molecule is CC1=CCCC2(C)C(CCC2(O)CN(Cc2cccc3ccccc23)C(=O)Oc2ccc3ccccc3c2)c2ccc(cc2C(=O)c2ccco2)CC(O)CC1. The summed E-state index contributed by atoms with van der Waals surface area (Å²) in [6, 6.07) is 37.1. The first kappa shape index (κ1) is 37.4. The van der Waals surface area contributed by atoms with Crippen LogP contribution in [0.4, 0.5) is 4.79 Å². The summed E-state index contributed by atoms with van der Waals surface area (Å²) in [5.74, 6) is 0.242. The molecule has 6 aromatic rings. The minimum absolute atomic E-state index is 0.0318. The summed E-state index contributed by atoms with van der Waals surface area (Å²) in [6.45, 7) is 4.49. The van der Waals surface area contributed by atoms with Crippen LogP contribution < -0.4 is 4.74 Å². The van der Waals surface area contributed by atoms with E-state index in [1.807, 2.05) is 84.9 Å². The van der Waals surface area contributed by atoms with Crippen LogP contribution in [0.5, 0.6) is 5.75 Å². The van der Waals surface area contributed by atoms with E-state index in [1.165, 1.54) is 11.8 Å². The van der Waals surface area contributed by atoms with Gasteiger partial charge in [0.25, 0.3) is 0 Å². The number of ether oxygens (including phenoxy) is 1. The molecule has 9 rings (SSSR count). The molecule has 1 heterocycles. The topological polar surface area (TPSA) is 100 Å². The van der Waals surface area contributed by atoms with Crippen molar-refractivity contribution in [2.45, 2.75) is 83.0 Å². The molecule has 3 aliphatic carbocycles. The number of hydrogen-bond donors (Lipinski definition) is 2. The molecule has 0 radical (unpaired) electrons. The summed E-state index contributed by atoms with van der Waals surface area (Å²) in [6.07, 6.45) is 6.77. The van der Waals surface area contributed by atoms with Crippen LogP contribution in [-0.2, 0) is 13.0 Å². The number of nitrogens with zero attached hydrogens (tertiary/aromatic N) is 1. The van der Waals surface area contributed by atoms with E-state index in [0.29, 0.717) is 49.8 Å². The molecule has 0 aliphatic heterocycles. The van der Waals surface area contributed by atoms with Crippen LogP contribution in [0.1, 0.15) is 91.1 Å². The summed E-state index contributed by atoms with van der Waals surface area (Å²) in [4.78, 5) is 30.3. The van der Waals surface area contributed by atoms with Crippen LogP contribution >= 0.6 is 0 Å². The number of hydrogen-bond acceptors (Lipinski definition) is 6. The molecule has 2 bridgehead atoms. The lowest BCUT2D eigenvalue weighted by atomic mass is 9.64. The van der Waals surface area contributed by atoms with Gasteiger partial charge in [0, 0.05) is 17.5 Å². The van der Waals surface area contributed by atoms with Crippen molar-refractivity contribution < 1.29 is 29.0 Å². The Labute approximate surface area is 328 Å². The van der Waals surface area contributed by atoms with E-state index in [9.17, 15) is 19.8 Å². The second-order valence-corrected chi connectivity index (χ2v) is 16.1. The second kappa shape index (κ2) is 15.6. The van der Waals surface area contributed by atoms with E-state index >= 15 is 0 Å². The van der Waals surface area contributed by atoms with Gasteiger partial charge in [-0.25, -0.2) is 4.79 Å². The fraction of sp³-hybridized carbons (Fsp3) is 0.306. The van der Waals surface area contributed by atoms with Gasteiger partial charge in [0.05, 0.1) is 24.5 Å². The van der Waals surface area contributed by atoms with Crippen LogP contribution in [0.15, 0.2) is 138 Å². The zero-order valence-corrected chi connectivity index (χ0v) is 32.1. The number of amides is 1. The molecule has 7 nitrogen and oxygen atoms in total. The molecule has 7 heteroatoms. The average molecular weight is 748 g/mol. The van der Waals surface area contributed by atoms with Crippen molar-refractivity contribution in [2.24, 2.45) is 5.41 Å². The Morgan fingerprint density at radius 2 is 1.64 bits per heavy atom. The van der Waals surface area contributed by atoms with Crippen LogP contribution in [0.2, 0.25) is 0 Å². The number of rotatable bonds is 7. The maximum absolute atomic E-state index is 14.5. The predicted molar refractivity (Wildman–Crippen MR) is 220 cm³/mol. The first-order valence-corrected chi connectivity index (χ1v) is 19.8. The Kier molecular flexibility index (Phi) is 10.4. The normalized spacial score (nSPS) is 22.7. The summed E-state index contributed by atoms with van der Waals surface area (Å²) < 4.78 is 11.8. The highest BCUT2D eigenvalue weighted by Gasteiger charge is 2.58. The van der Waals surface area contributed by atoms with E-state index < -0.39 is 23.2 Å². The number of ketones is 1. The van der Waals surface area contributed by atoms with Crippen molar-refractivity contribution in [3.05, 3.63) is 161 Å². The van der Waals surface area contributed by atoms with Crippen molar-refractivity contribution >= 4 is 33.4 Å². The molecule has 0 saturated heterocycles. The van der Waals surface area contributed by atoms with Crippen molar-refractivity contribution in [2.75, 3.05) is 6.54 Å². The Hall–Kier alpha value is -5.50. The number of fused-ring (bicyclic) bond motifs is 10. The summed E-state index contributed by atoms with van der Waals surface area (Å²) in [5, 5.41) is 28.3. The molecule has 56 heavy (non-hydrogen) atoms. The van der Waals surface area contributed by atoms with Gasteiger partial charge in [0.2, 0.25) is 5.78 Å². The molecular weight excluding hydrogens is 699 g/mol. The van der Waals surface area contributed by atoms with Crippen LogP contribution in [0, 0.1) is 5.41 Å². The van der Waals surface area contributed by atoms with E-state index in [2.05, 4.69) is 38.1 Å². The standard InChI is InChI=1S/C49H49NO6/c1-33-10-8-25-48(2)44(42-23-19-34(28-39(51)21-18-33)29-43(42)46(52)45-17-9-27-55-45)24-26-49(48,54)32-50(31-38-15-7-14-36-12-5-6-16-41(36)38)47(53)56-40-22-20-35-11-3-4-13-37(35)30-40/h3-7,9-17,19-20,22-23,27,29-30,39,44,51,54H,8,18,21,24-26,28,31-32H2,1-2H3. The monoisotopic (exact) mass is 747 g/mol. The van der Waals surface area contributed by atoms with Gasteiger partial charge in [0.15, 0.2) is 5.76 Å². The molecule has 286 valence electrons. The first-order valence-electron chi connectivity index (χ1n) is 19.8. The molecule has 4 atom stereocenters. The van der Waals surface area contributed by atoms with Crippen LogP contribution in [0.3, 0.4) is 0 Å². The Bertz CT molecular complexity index is 2410. The van der Waals surface area contributed by atoms with Crippen LogP contribution in [0.25, 0.3) is 21.5 Å². The quantitative estimate of drug-likeness (QED) is 0.125. The lowest BCUT2D eigenvalue weighted by molar-refractivity contribution is -0.0801. The van der Waals surface area contributed by atoms with Gasteiger partial charge < -0.3 is 24.3 Å². The van der Waals surface area contributed by atoms with Crippen molar-refractivity contribution in [1.82, 2.24) is 4.90 Å². The minimum Gasteiger partial charge on any atom is -0.461 e. The maximum atomic E-state index is 14.5. The molecule has 2 N–H and O–H groups in total. The van der Waals surface area contributed by atoms with Crippen molar-refractivity contribution in [3.63, 3.8) is 0 Å². The van der Waals surface area contributed by atoms with Gasteiger partial charge >= 0.3 is 6.09 Å². The third kappa shape index (κ3) is 7.41. The van der Waals surface area contributed by atoms with E-state index in [4.69, 9.17) is 9.15 Å². The van der Waals surface area contributed by atoms with Gasteiger partial charge in [-0.2, -0.15) is 0 Å². The minimum atomic E-state index is -1.34. The van der Waals surface area contributed by atoms with Crippen LogP contribution in [-0.4, -0.2) is 45.2 Å². The molecular formula is C49H49NO6. The van der Waals surface area contributed by atoms with E-state index in [-0.39, 0.29) is 30.6 Å².